The third-order valence-corrected chi connectivity index (χ3v) is 2.56. The average molecular weight is 260 g/mol. The van der Waals surface area contributed by atoms with Crippen LogP contribution in [0, 0.1) is 5.82 Å². The number of ether oxygens (including phenoxy) is 1. The van der Waals surface area contributed by atoms with Crippen LogP contribution in [0.15, 0.2) is 42.5 Å². The van der Waals surface area contributed by atoms with Crippen LogP contribution >= 0.6 is 0 Å². The van der Waals surface area contributed by atoms with Crippen molar-refractivity contribution in [2.45, 2.75) is 0 Å². The number of nitrogens with two attached hydrogens (primary N) is 1. The number of hydrogen-bond acceptors (Lipinski definition) is 3. The summed E-state index contributed by atoms with van der Waals surface area (Å²) in [5.41, 5.74) is 6.93. The third kappa shape index (κ3) is 3.01. The van der Waals surface area contributed by atoms with Crippen LogP contribution < -0.4 is 15.8 Å². The van der Waals surface area contributed by atoms with Crippen LogP contribution in [0.4, 0.5) is 15.8 Å². The normalized spacial score (nSPS) is 10.0. The largest absolute Gasteiger partial charge is 0.494 e. The second kappa shape index (κ2) is 5.39. The summed E-state index contributed by atoms with van der Waals surface area (Å²) in [6, 6.07) is 10.5. The molecule has 0 spiro atoms. The monoisotopic (exact) mass is 260 g/mol. The predicted octanol–water partition coefficient (Wildman–Crippen LogP) is 2.67. The van der Waals surface area contributed by atoms with E-state index in [1.165, 1.54) is 25.3 Å². The second-order valence-electron chi connectivity index (χ2n) is 3.92. The Kier molecular flexibility index (Phi) is 3.66. The molecule has 0 aliphatic rings. The molecule has 3 N–H and O–H groups in total. The van der Waals surface area contributed by atoms with Crippen molar-refractivity contribution in [1.82, 2.24) is 0 Å². The average Bonchev–Trinajstić information content (AvgIpc) is 2.40. The number of nitrogens with one attached hydrogen (secondary N) is 1. The van der Waals surface area contributed by atoms with Gasteiger partial charge in [-0.2, -0.15) is 0 Å². The fourth-order valence-electron chi connectivity index (χ4n) is 1.64. The first kappa shape index (κ1) is 12.9. The summed E-state index contributed by atoms with van der Waals surface area (Å²) in [6.45, 7) is 0. The van der Waals surface area contributed by atoms with Gasteiger partial charge < -0.3 is 15.8 Å². The number of benzene rings is 2. The lowest BCUT2D eigenvalue weighted by molar-refractivity contribution is 0.102. The number of nitrogen functional groups attached to an aromatic ring is 1. The van der Waals surface area contributed by atoms with Crippen molar-refractivity contribution in [3.05, 3.63) is 53.8 Å². The molecule has 0 radical (unpaired) electrons. The molecule has 2 aromatic carbocycles. The number of hydrogen-bond donors (Lipinski definition) is 2. The highest BCUT2D eigenvalue weighted by atomic mass is 19.1. The van der Waals surface area contributed by atoms with Gasteiger partial charge in [0.25, 0.3) is 5.91 Å². The Morgan fingerprint density at radius 3 is 2.74 bits per heavy atom. The first-order chi connectivity index (χ1) is 9.10. The van der Waals surface area contributed by atoms with Crippen LogP contribution in [0.3, 0.4) is 0 Å². The van der Waals surface area contributed by atoms with Gasteiger partial charge in [0.2, 0.25) is 0 Å². The van der Waals surface area contributed by atoms with E-state index in [-0.39, 0.29) is 11.7 Å². The highest BCUT2D eigenvalue weighted by Crippen LogP contribution is 2.25. The Bertz CT molecular complexity index is 614. The first-order valence-electron chi connectivity index (χ1n) is 5.60. The van der Waals surface area contributed by atoms with Gasteiger partial charge in [-0.05, 0) is 30.3 Å². The zero-order valence-corrected chi connectivity index (χ0v) is 10.3. The number of halogens is 1. The van der Waals surface area contributed by atoms with E-state index in [0.717, 1.165) is 0 Å². The van der Waals surface area contributed by atoms with Gasteiger partial charge in [-0.15, -0.1) is 0 Å². The molecule has 0 heterocycles. The van der Waals surface area contributed by atoms with E-state index in [1.807, 2.05) is 0 Å². The maximum atomic E-state index is 13.0. The van der Waals surface area contributed by atoms with Gasteiger partial charge >= 0.3 is 0 Å². The Balaban J connectivity index is 2.24. The van der Waals surface area contributed by atoms with Crippen LogP contribution in [0.25, 0.3) is 0 Å². The molecule has 0 saturated carbocycles. The van der Waals surface area contributed by atoms with Gasteiger partial charge in [-0.25, -0.2) is 4.39 Å². The minimum Gasteiger partial charge on any atom is -0.494 e. The van der Waals surface area contributed by atoms with Crippen molar-refractivity contribution >= 4 is 17.3 Å². The molecule has 0 bridgehead atoms. The van der Waals surface area contributed by atoms with E-state index < -0.39 is 5.82 Å². The van der Waals surface area contributed by atoms with Gasteiger partial charge in [0.1, 0.15) is 11.6 Å². The third-order valence-electron chi connectivity index (χ3n) is 2.56. The molecule has 0 aliphatic carbocycles. The number of anilines is 2. The summed E-state index contributed by atoms with van der Waals surface area (Å²) >= 11 is 0. The summed E-state index contributed by atoms with van der Waals surface area (Å²) in [6.07, 6.45) is 0. The molecular weight excluding hydrogens is 247 g/mol. The zero-order chi connectivity index (χ0) is 13.8. The molecule has 1 amide bonds. The molecule has 0 atom stereocenters. The first-order valence-corrected chi connectivity index (χ1v) is 5.60. The highest BCUT2D eigenvalue weighted by molar-refractivity contribution is 6.05. The van der Waals surface area contributed by atoms with Gasteiger partial charge in [-0.3, -0.25) is 4.79 Å². The Morgan fingerprint density at radius 1 is 1.26 bits per heavy atom. The van der Waals surface area contributed by atoms with Crippen molar-refractivity contribution in [3.63, 3.8) is 0 Å². The second-order valence-corrected chi connectivity index (χ2v) is 3.92. The van der Waals surface area contributed by atoms with E-state index in [1.54, 1.807) is 24.3 Å². The lowest BCUT2D eigenvalue weighted by Gasteiger charge is -2.10. The van der Waals surface area contributed by atoms with Gasteiger partial charge in [-0.1, -0.05) is 6.07 Å². The number of carbonyl (C=O) groups excluding carboxylic acids is 1. The molecule has 0 unspecified atom stereocenters. The summed E-state index contributed by atoms with van der Waals surface area (Å²) in [4.78, 5) is 12.0. The molecule has 0 aliphatic heterocycles. The van der Waals surface area contributed by atoms with Crippen molar-refractivity contribution in [2.75, 3.05) is 18.2 Å². The van der Waals surface area contributed by atoms with Gasteiger partial charge in [0.15, 0.2) is 0 Å². The molecule has 5 heteroatoms. The van der Waals surface area contributed by atoms with Crippen LogP contribution in [-0.4, -0.2) is 13.0 Å². The molecule has 19 heavy (non-hydrogen) atoms. The fourth-order valence-corrected chi connectivity index (χ4v) is 1.64. The Hall–Kier alpha value is -2.56. The number of carbonyl (C=O) groups is 1. The van der Waals surface area contributed by atoms with E-state index in [4.69, 9.17) is 10.5 Å². The Labute approximate surface area is 110 Å². The lowest BCUT2D eigenvalue weighted by Crippen LogP contribution is -2.13. The Morgan fingerprint density at radius 2 is 2.05 bits per heavy atom. The number of rotatable bonds is 3. The van der Waals surface area contributed by atoms with E-state index in [0.29, 0.717) is 16.9 Å². The predicted molar refractivity (Wildman–Crippen MR) is 71.8 cm³/mol. The number of methoxy groups -OCH3 is 1. The standard InChI is InChI=1S/C14H13FN2O2/c1-19-13-8-10(15)5-6-12(13)17-14(18)9-3-2-4-11(16)7-9/h2-8H,16H2,1H3,(H,17,18). The lowest BCUT2D eigenvalue weighted by atomic mass is 10.2. The molecule has 0 aromatic heterocycles. The van der Waals surface area contributed by atoms with Crippen LogP contribution in [0.2, 0.25) is 0 Å². The van der Waals surface area contributed by atoms with E-state index >= 15 is 0 Å². The zero-order valence-electron chi connectivity index (χ0n) is 10.3. The quantitative estimate of drug-likeness (QED) is 0.834. The van der Waals surface area contributed by atoms with Crippen molar-refractivity contribution in [1.29, 1.82) is 0 Å². The molecule has 4 nitrogen and oxygen atoms in total. The molecular formula is C14H13FN2O2. The molecule has 0 saturated heterocycles. The maximum absolute atomic E-state index is 13.0. The van der Waals surface area contributed by atoms with Crippen LogP contribution in [0.1, 0.15) is 10.4 Å². The summed E-state index contributed by atoms with van der Waals surface area (Å²) < 4.78 is 18.0. The smallest absolute Gasteiger partial charge is 0.255 e. The van der Waals surface area contributed by atoms with Gasteiger partial charge in [0.05, 0.1) is 12.8 Å². The summed E-state index contributed by atoms with van der Waals surface area (Å²) in [7, 11) is 1.41. The van der Waals surface area contributed by atoms with Crippen molar-refractivity contribution in [3.8, 4) is 5.75 Å². The summed E-state index contributed by atoms with van der Waals surface area (Å²) in [5.74, 6) is -0.506. The van der Waals surface area contributed by atoms with Crippen molar-refractivity contribution < 1.29 is 13.9 Å². The summed E-state index contributed by atoms with van der Waals surface area (Å²) in [5, 5.41) is 2.65. The van der Waals surface area contributed by atoms with Crippen LogP contribution in [-0.2, 0) is 0 Å². The topological polar surface area (TPSA) is 64.3 Å². The SMILES string of the molecule is COc1cc(F)ccc1NC(=O)c1cccc(N)c1. The van der Waals surface area contributed by atoms with Crippen LogP contribution in [0.5, 0.6) is 5.75 Å². The minimum atomic E-state index is -0.432. The maximum Gasteiger partial charge on any atom is 0.255 e. The minimum absolute atomic E-state index is 0.261. The molecule has 2 rings (SSSR count). The van der Waals surface area contributed by atoms with E-state index in [2.05, 4.69) is 5.32 Å². The molecule has 98 valence electrons. The van der Waals surface area contributed by atoms with E-state index in [9.17, 15) is 9.18 Å². The van der Waals surface area contributed by atoms with Gasteiger partial charge in [0, 0.05) is 17.3 Å². The number of amides is 1. The fraction of sp³-hybridized carbons (Fsp3) is 0.0714. The van der Waals surface area contributed by atoms with Crippen molar-refractivity contribution in [2.24, 2.45) is 0 Å². The molecule has 0 fully saturated rings. The molecule has 2 aromatic rings. The highest BCUT2D eigenvalue weighted by Gasteiger charge is 2.10.